The number of hydrogen-bond donors (Lipinski definition) is 3. The fourth-order valence-electron chi connectivity index (χ4n) is 2.31. The highest BCUT2D eigenvalue weighted by atomic mass is 32.1. The summed E-state index contributed by atoms with van der Waals surface area (Å²) in [6.07, 6.45) is -0.0155. The molecular formula is C17H19FN4O4S. The van der Waals surface area contributed by atoms with Crippen molar-refractivity contribution in [2.75, 3.05) is 13.7 Å². The molecule has 2 aromatic rings. The van der Waals surface area contributed by atoms with Gasteiger partial charge in [0.25, 0.3) is 5.56 Å². The molecule has 0 spiro atoms. The maximum atomic E-state index is 12.9. The van der Waals surface area contributed by atoms with Crippen molar-refractivity contribution in [2.24, 2.45) is 5.10 Å². The number of nitrogens with one attached hydrogen (secondary N) is 2. The van der Waals surface area contributed by atoms with E-state index in [1.54, 1.807) is 0 Å². The Hall–Kier alpha value is -2.85. The molecule has 0 bridgehead atoms. The van der Waals surface area contributed by atoms with Gasteiger partial charge in [0.2, 0.25) is 11.8 Å². The molecule has 2 rings (SSSR count). The van der Waals surface area contributed by atoms with Crippen LogP contribution < -0.4 is 11.0 Å². The van der Waals surface area contributed by atoms with E-state index in [1.807, 2.05) is 0 Å². The smallest absolute Gasteiger partial charge is 0.264 e. The molecule has 0 aliphatic carbocycles. The number of halogens is 1. The quantitative estimate of drug-likeness (QED) is 0.374. The molecule has 3 N–H and O–H groups in total. The molecule has 0 radical (unpaired) electrons. The van der Waals surface area contributed by atoms with Gasteiger partial charge in [-0.25, -0.2) is 9.82 Å². The van der Waals surface area contributed by atoms with E-state index < -0.39 is 17.3 Å². The first-order valence-corrected chi connectivity index (χ1v) is 8.37. The van der Waals surface area contributed by atoms with Crippen LogP contribution in [-0.4, -0.2) is 40.0 Å². The van der Waals surface area contributed by atoms with E-state index in [1.165, 1.54) is 42.9 Å². The first-order valence-electron chi connectivity index (χ1n) is 7.96. The summed E-state index contributed by atoms with van der Waals surface area (Å²) < 4.78 is 19.2. The largest absolute Gasteiger partial charge is 0.494 e. The van der Waals surface area contributed by atoms with Crippen molar-refractivity contribution in [1.82, 2.24) is 15.0 Å². The molecule has 0 unspecified atom stereocenters. The summed E-state index contributed by atoms with van der Waals surface area (Å²) in [5, 5.41) is 14.2. The molecule has 0 aliphatic heterocycles. The highest BCUT2D eigenvalue weighted by Gasteiger charge is 2.16. The van der Waals surface area contributed by atoms with Crippen LogP contribution in [0.2, 0.25) is 0 Å². The van der Waals surface area contributed by atoms with E-state index in [-0.39, 0.29) is 41.5 Å². The number of carbonyl (C=O) groups is 1. The Morgan fingerprint density at radius 1 is 1.41 bits per heavy atom. The van der Waals surface area contributed by atoms with E-state index in [0.717, 1.165) is 0 Å². The minimum Gasteiger partial charge on any atom is -0.494 e. The maximum Gasteiger partial charge on any atom is 0.264 e. The zero-order chi connectivity index (χ0) is 20.0. The van der Waals surface area contributed by atoms with Crippen LogP contribution in [0.3, 0.4) is 0 Å². The van der Waals surface area contributed by atoms with E-state index in [9.17, 15) is 19.1 Å². The molecule has 0 saturated heterocycles. The number of H-pyrrole nitrogens is 1. The van der Waals surface area contributed by atoms with E-state index in [0.29, 0.717) is 5.56 Å². The normalized spacial score (nSPS) is 11.4. The van der Waals surface area contributed by atoms with Gasteiger partial charge >= 0.3 is 0 Å². The van der Waals surface area contributed by atoms with Crippen molar-refractivity contribution in [3.63, 3.8) is 0 Å². The molecular weight excluding hydrogens is 375 g/mol. The molecule has 144 valence electrons. The minimum absolute atomic E-state index is 0.0155. The van der Waals surface area contributed by atoms with Gasteiger partial charge in [-0.15, -0.1) is 0 Å². The number of aromatic nitrogens is 2. The third-order valence-electron chi connectivity index (χ3n) is 3.68. The second-order valence-corrected chi connectivity index (χ2v) is 6.02. The summed E-state index contributed by atoms with van der Waals surface area (Å²) in [5.74, 6) is -1.21. The Morgan fingerprint density at radius 3 is 2.70 bits per heavy atom. The summed E-state index contributed by atoms with van der Waals surface area (Å²) >= 11 is 5.03. The van der Waals surface area contributed by atoms with Crippen molar-refractivity contribution >= 4 is 23.8 Å². The van der Waals surface area contributed by atoms with Gasteiger partial charge in [-0.1, -0.05) is 12.1 Å². The van der Waals surface area contributed by atoms with Crippen LogP contribution in [0, 0.1) is 10.6 Å². The van der Waals surface area contributed by atoms with Gasteiger partial charge in [0, 0.05) is 7.11 Å². The van der Waals surface area contributed by atoms with Crippen LogP contribution in [-0.2, 0) is 22.5 Å². The summed E-state index contributed by atoms with van der Waals surface area (Å²) in [4.78, 5) is 26.6. The van der Waals surface area contributed by atoms with Gasteiger partial charge in [0.05, 0.1) is 25.3 Å². The van der Waals surface area contributed by atoms with Gasteiger partial charge in [-0.2, -0.15) is 5.10 Å². The highest BCUT2D eigenvalue weighted by Crippen LogP contribution is 2.14. The number of rotatable bonds is 7. The van der Waals surface area contributed by atoms with Crippen molar-refractivity contribution < 1.29 is 19.0 Å². The van der Waals surface area contributed by atoms with Crippen LogP contribution in [0.5, 0.6) is 5.88 Å². The fraction of sp³-hybridized carbons (Fsp3) is 0.294. The summed E-state index contributed by atoms with van der Waals surface area (Å²) in [6.45, 7) is 1.97. The fourth-order valence-corrected chi connectivity index (χ4v) is 2.58. The molecule has 27 heavy (non-hydrogen) atoms. The lowest BCUT2D eigenvalue weighted by atomic mass is 10.1. The maximum absolute atomic E-state index is 12.9. The molecule has 0 saturated carbocycles. The monoisotopic (exact) mass is 394 g/mol. The van der Waals surface area contributed by atoms with Crippen molar-refractivity contribution in [2.45, 2.75) is 19.9 Å². The van der Waals surface area contributed by atoms with Crippen molar-refractivity contribution in [3.8, 4) is 5.88 Å². The van der Waals surface area contributed by atoms with Crippen LogP contribution in [0.4, 0.5) is 4.39 Å². The highest BCUT2D eigenvalue weighted by molar-refractivity contribution is 7.71. The van der Waals surface area contributed by atoms with Gasteiger partial charge < -0.3 is 9.84 Å². The zero-order valence-corrected chi connectivity index (χ0v) is 15.6. The molecule has 1 aromatic carbocycles. The summed E-state index contributed by atoms with van der Waals surface area (Å²) in [6, 6.07) is 5.49. The van der Waals surface area contributed by atoms with E-state index >= 15 is 0 Å². The average molecular weight is 394 g/mol. The molecule has 0 fully saturated rings. The van der Waals surface area contributed by atoms with Gasteiger partial charge in [0.15, 0.2) is 4.77 Å². The predicted molar refractivity (Wildman–Crippen MR) is 99.9 cm³/mol. The Kier molecular flexibility index (Phi) is 6.97. The molecule has 0 aliphatic rings. The van der Waals surface area contributed by atoms with Crippen molar-refractivity contribution in [1.29, 1.82) is 0 Å². The zero-order valence-electron chi connectivity index (χ0n) is 14.8. The number of hydrogen-bond acceptors (Lipinski definition) is 6. The number of aromatic amines is 1. The van der Waals surface area contributed by atoms with Crippen LogP contribution >= 0.6 is 12.2 Å². The number of ether oxygens (including phenoxy) is 1. The number of benzene rings is 1. The summed E-state index contributed by atoms with van der Waals surface area (Å²) in [5.41, 5.74) is 2.28. The molecule has 10 heteroatoms. The third-order valence-corrected chi connectivity index (χ3v) is 4.00. The lowest BCUT2D eigenvalue weighted by Crippen LogP contribution is -2.26. The molecule has 1 aromatic heterocycles. The van der Waals surface area contributed by atoms with Crippen LogP contribution in [0.25, 0.3) is 0 Å². The lowest BCUT2D eigenvalue weighted by molar-refractivity contribution is -0.120. The number of carbonyl (C=O) groups excluding carboxylic acids is 1. The summed E-state index contributed by atoms with van der Waals surface area (Å²) in [7, 11) is 1.50. The minimum atomic E-state index is -0.625. The van der Waals surface area contributed by atoms with Gasteiger partial charge in [0.1, 0.15) is 11.4 Å². The van der Waals surface area contributed by atoms with Crippen molar-refractivity contribution in [3.05, 3.63) is 56.3 Å². The Labute approximate surface area is 159 Å². The number of amides is 1. The predicted octanol–water partition coefficient (Wildman–Crippen LogP) is 1.48. The number of hydrazone groups is 1. The lowest BCUT2D eigenvalue weighted by Gasteiger charge is -2.12. The topological polar surface area (TPSA) is 109 Å². The second kappa shape index (κ2) is 9.19. The Morgan fingerprint density at radius 2 is 2.07 bits per heavy atom. The second-order valence-electron chi connectivity index (χ2n) is 5.64. The molecule has 8 nitrogen and oxygen atoms in total. The standard InChI is InChI=1S/C17H19FN4O4S/c1-10(20-21-13(23)9-11-3-5-12(18)6-4-11)14-15(24)19-17(27)22(16(14)25)7-8-26-2/h3-6,25H,7-9H2,1-2H3,(H,21,23)(H,19,24,27). The first kappa shape index (κ1) is 20.5. The third kappa shape index (κ3) is 5.31. The van der Waals surface area contributed by atoms with Gasteiger partial charge in [-0.05, 0) is 36.8 Å². The Balaban J connectivity index is 2.19. The van der Waals surface area contributed by atoms with Crippen LogP contribution in [0.1, 0.15) is 18.1 Å². The Bertz CT molecular complexity index is 966. The molecule has 1 amide bonds. The SMILES string of the molecule is COCCn1c(O)c(C(C)=NNC(=O)Cc2ccc(F)cc2)c(=O)[nH]c1=S. The first-order chi connectivity index (χ1) is 12.8. The molecule has 0 atom stereocenters. The van der Waals surface area contributed by atoms with Crippen LogP contribution in [0.15, 0.2) is 34.2 Å². The number of aromatic hydroxyl groups is 1. The van der Waals surface area contributed by atoms with Gasteiger partial charge in [-0.3, -0.25) is 19.1 Å². The van der Waals surface area contributed by atoms with E-state index in [4.69, 9.17) is 17.0 Å². The number of methoxy groups -OCH3 is 1. The number of nitrogens with zero attached hydrogens (tertiary/aromatic N) is 2. The average Bonchev–Trinajstić information content (AvgIpc) is 2.61. The molecule has 1 heterocycles. The van der Waals surface area contributed by atoms with E-state index in [2.05, 4.69) is 15.5 Å².